The summed E-state index contributed by atoms with van der Waals surface area (Å²) >= 11 is 0. The van der Waals surface area contributed by atoms with Crippen molar-refractivity contribution in [2.45, 2.75) is 205 Å². The molecule has 4 bridgehead atoms. The summed E-state index contributed by atoms with van der Waals surface area (Å²) in [4.78, 5) is 8.77. The SMILES string of the molecule is CC12CCC(C)(C1)c1cc(-c3ccccc3N(c3ccccc3)c3ccccc3)ccc12.CC12CCCC(C)(CC1)c1cc(-c3ccccc3N(c3ccccc3)c3ccccc3)ccc12.[2H]C([2H])([2H])C1(C([2H])([2H])[2H])c2ccc(-c3ccccc3N(c3ccccc3)c3ccccc3)cc2C(C([2H])([2H])[2H])(C([2H])([2H])[2H])C1(C([2H])([2H])[2H])C([2H])([2H])[2H].[2H]c1c([2H])c2c(c([2H])c1-c1ccccc1N(c1ccccc1)c1ccccc1)C(C)(C)C(C)(C)C2(C)C. The molecule has 16 aromatic carbocycles. The van der Waals surface area contributed by atoms with Gasteiger partial charge in [-0.25, -0.2) is 0 Å². The van der Waals surface area contributed by atoms with Crippen molar-refractivity contribution in [2.75, 3.05) is 19.6 Å². The van der Waals surface area contributed by atoms with Crippen LogP contribution in [0.1, 0.15) is 235 Å². The maximum Gasteiger partial charge on any atom is 0.0632 e. The molecule has 7 aliphatic carbocycles. The van der Waals surface area contributed by atoms with Crippen LogP contribution in [0.15, 0.2) is 412 Å². The molecular weight excluding hydrogens is 1620 g/mol. The molecule has 0 spiro atoms. The van der Waals surface area contributed by atoms with Gasteiger partial charge in [-0.15, -0.1) is 0 Å². The van der Waals surface area contributed by atoms with E-state index in [1.165, 1.54) is 114 Å². The topological polar surface area (TPSA) is 13.0 Å². The van der Waals surface area contributed by atoms with Gasteiger partial charge in [0.2, 0.25) is 0 Å². The molecule has 23 rings (SSSR count). The highest BCUT2D eigenvalue weighted by Crippen LogP contribution is 2.66. The van der Waals surface area contributed by atoms with Crippen LogP contribution in [0.4, 0.5) is 68.2 Å². The fourth-order valence-corrected chi connectivity index (χ4v) is 22.6. The Balaban J connectivity index is 0.000000131. The minimum absolute atomic E-state index is 0.0426. The monoisotopic (exact) mass is 1770 g/mol. The van der Waals surface area contributed by atoms with Crippen molar-refractivity contribution in [3.8, 4) is 44.5 Å². The average molecular weight is 1770 g/mol. The van der Waals surface area contributed by atoms with Crippen LogP contribution < -0.4 is 19.6 Å². The summed E-state index contributed by atoms with van der Waals surface area (Å²) in [5, 5.41) is 0. The first-order valence-corrected chi connectivity index (χ1v) is 47.3. The van der Waals surface area contributed by atoms with E-state index in [2.05, 4.69) is 314 Å². The molecule has 672 valence electrons. The van der Waals surface area contributed by atoms with Crippen LogP contribution in [-0.4, -0.2) is 0 Å². The molecule has 0 radical (unpaired) electrons. The number of hydrogen-bond donors (Lipinski definition) is 0. The normalized spacial score (nSPS) is 23.0. The highest BCUT2D eigenvalue weighted by atomic mass is 15.2. The molecule has 4 heteroatoms. The molecule has 0 heterocycles. The summed E-state index contributed by atoms with van der Waals surface area (Å²) in [6.45, 7) is -2.03. The first-order valence-electron chi connectivity index (χ1n) is 57.8. The number of hydrogen-bond acceptors (Lipinski definition) is 4. The van der Waals surface area contributed by atoms with Gasteiger partial charge in [-0.1, -0.05) is 408 Å². The van der Waals surface area contributed by atoms with Crippen molar-refractivity contribution in [1.29, 1.82) is 0 Å². The van der Waals surface area contributed by atoms with Crippen molar-refractivity contribution < 1.29 is 28.8 Å². The van der Waals surface area contributed by atoms with Gasteiger partial charge in [-0.3, -0.25) is 0 Å². The van der Waals surface area contributed by atoms with Crippen molar-refractivity contribution >= 4 is 68.2 Å². The van der Waals surface area contributed by atoms with Crippen molar-refractivity contribution in [3.63, 3.8) is 0 Å². The van der Waals surface area contributed by atoms with Gasteiger partial charge in [0.1, 0.15) is 0 Å². The van der Waals surface area contributed by atoms with Crippen LogP contribution in [0.5, 0.6) is 0 Å². The average Bonchev–Trinajstić information content (AvgIpc) is 1.44. The molecule has 2 fully saturated rings. The van der Waals surface area contributed by atoms with E-state index in [-0.39, 0.29) is 33.9 Å². The van der Waals surface area contributed by atoms with Crippen LogP contribution in [-0.2, 0) is 43.3 Å². The summed E-state index contributed by atoms with van der Waals surface area (Å²) < 4.78 is 185. The maximum absolute atomic E-state index is 9.54. The Bertz CT molecular complexity index is 7630. The summed E-state index contributed by atoms with van der Waals surface area (Å²) in [5.74, 6) is 0. The Hall–Kier alpha value is -13.3. The fraction of sp³-hybridized carbons (Fsp3) is 0.262. The zero-order valence-electron chi connectivity index (χ0n) is 99.5. The molecule has 2 saturated carbocycles. The van der Waals surface area contributed by atoms with E-state index in [4.69, 9.17) is 24.7 Å². The predicted molar refractivity (Wildman–Crippen MR) is 572 cm³/mol. The zero-order chi connectivity index (χ0) is 111. The third-order valence-corrected chi connectivity index (χ3v) is 31.4. The Morgan fingerprint density at radius 2 is 0.470 bits per heavy atom. The van der Waals surface area contributed by atoms with Gasteiger partial charge in [-0.05, 0) is 287 Å². The second kappa shape index (κ2) is 35.3. The number of rotatable bonds is 16. The number of para-hydroxylation sites is 12. The number of benzene rings is 16. The number of fused-ring (bicyclic) bond motifs is 10. The van der Waals surface area contributed by atoms with Crippen LogP contribution in [0.25, 0.3) is 44.5 Å². The lowest BCUT2D eigenvalue weighted by atomic mass is 9.59. The van der Waals surface area contributed by atoms with Gasteiger partial charge < -0.3 is 19.6 Å². The van der Waals surface area contributed by atoms with Gasteiger partial charge in [0.15, 0.2) is 0 Å². The molecule has 4 nitrogen and oxygen atoms in total. The van der Waals surface area contributed by atoms with Crippen LogP contribution in [0, 0.1) is 10.8 Å². The van der Waals surface area contributed by atoms with E-state index < -0.39 is 68.5 Å². The third kappa shape index (κ3) is 15.8. The van der Waals surface area contributed by atoms with Gasteiger partial charge in [0, 0.05) is 92.4 Å². The lowest BCUT2D eigenvalue weighted by Crippen LogP contribution is -2.42. The third-order valence-electron chi connectivity index (χ3n) is 31.4. The van der Waals surface area contributed by atoms with E-state index in [0.717, 1.165) is 45.9 Å². The van der Waals surface area contributed by atoms with Crippen molar-refractivity contribution in [3.05, 3.63) is 457 Å². The zero-order valence-corrected chi connectivity index (χ0v) is 78.5. The quantitative estimate of drug-likeness (QED) is 0.0956. The number of anilines is 12. The highest BCUT2D eigenvalue weighted by Gasteiger charge is 2.59. The van der Waals surface area contributed by atoms with Gasteiger partial charge in [0.05, 0.1) is 26.9 Å². The predicted octanol–water partition coefficient (Wildman–Crippen LogP) is 36.7. The van der Waals surface area contributed by atoms with Crippen molar-refractivity contribution in [2.24, 2.45) is 10.8 Å². The Morgan fingerprint density at radius 3 is 0.806 bits per heavy atom. The van der Waals surface area contributed by atoms with Crippen LogP contribution in [0.2, 0.25) is 0 Å². The second-order valence-electron chi connectivity index (χ2n) is 40.3. The summed E-state index contributed by atoms with van der Waals surface area (Å²) in [5.41, 5.74) is 12.6. The summed E-state index contributed by atoms with van der Waals surface area (Å²) in [6, 6.07) is 132. The van der Waals surface area contributed by atoms with E-state index in [1.54, 1.807) is 70.8 Å². The standard InChI is InChI=1S/C33H33N.2C33H35N.C31H29N/c1-32-20-11-21-33(2,23-22-32)30-24-25(18-19-29(30)32)28-16-9-10-17-31(28)34(26-12-5-3-6-13-26)27-14-7-4-8-15-27;2*1-31(2)28-22-21-24(23-29(28)32(3,4)33(31,5)6)27-19-13-14-20-30(27)34(25-15-9-7-10-16-25)26-17-11-8-12-18-26;1-30-19-20-31(2,22-30)28-21-23(17-18-27(28)30)26-15-9-10-16-29(26)32(24-11-5-3-6-12-24)25-13-7-4-8-14-25/h3-10,12-19,24H,11,20-23H2,1-2H3;2*7-23H,1-6H3;3-18,21H,19-20,22H2,1-2H3/i;1D3,2D3,3D3,4D3,5D3,6D3;21D,22D,23D;. The fourth-order valence-electron chi connectivity index (χ4n) is 22.6. The minimum Gasteiger partial charge on any atom is -0.310 e. The van der Waals surface area contributed by atoms with Crippen molar-refractivity contribution in [1.82, 2.24) is 0 Å². The molecule has 0 N–H and O–H groups in total. The van der Waals surface area contributed by atoms with E-state index in [1.807, 2.05) is 102 Å². The van der Waals surface area contributed by atoms with E-state index >= 15 is 0 Å². The molecule has 4 atom stereocenters. The Labute approximate surface area is 829 Å². The molecule has 7 aliphatic rings. The van der Waals surface area contributed by atoms with Crippen LogP contribution in [0.3, 0.4) is 0 Å². The van der Waals surface area contributed by atoms with Gasteiger partial charge in [-0.2, -0.15) is 0 Å². The maximum atomic E-state index is 9.54. The van der Waals surface area contributed by atoms with E-state index in [9.17, 15) is 4.11 Å². The Morgan fingerprint density at radius 1 is 0.209 bits per heavy atom. The minimum atomic E-state index is -4.45. The van der Waals surface area contributed by atoms with E-state index in [0.29, 0.717) is 55.9 Å². The van der Waals surface area contributed by atoms with Gasteiger partial charge in [0.25, 0.3) is 0 Å². The Kier molecular flexibility index (Phi) is 17.9. The van der Waals surface area contributed by atoms with Crippen LogP contribution >= 0.6 is 0 Å². The molecule has 134 heavy (non-hydrogen) atoms. The number of nitrogens with zero attached hydrogens (tertiary/aromatic N) is 4. The highest BCUT2D eigenvalue weighted by molar-refractivity contribution is 5.93. The summed E-state index contributed by atoms with van der Waals surface area (Å²) in [7, 11) is 0. The molecule has 0 amide bonds. The lowest BCUT2D eigenvalue weighted by molar-refractivity contribution is 0.125. The smallest absolute Gasteiger partial charge is 0.0632 e. The first kappa shape index (κ1) is 67.8. The molecule has 0 saturated heterocycles. The molecule has 16 aromatic rings. The molecular formula is C130H132N4. The largest absolute Gasteiger partial charge is 0.310 e. The molecule has 0 aromatic heterocycles. The summed E-state index contributed by atoms with van der Waals surface area (Å²) in [6.07, 6.45) is 10.5. The van der Waals surface area contributed by atoms with Gasteiger partial charge >= 0.3 is 0 Å². The lowest BCUT2D eigenvalue weighted by Gasteiger charge is -2.44. The molecule has 0 aliphatic heterocycles. The first-order chi connectivity index (χ1) is 73.2. The second-order valence-corrected chi connectivity index (χ2v) is 40.3. The molecule has 4 unspecified atom stereocenters.